The van der Waals surface area contributed by atoms with Gasteiger partial charge in [-0.2, -0.15) is 0 Å². The fourth-order valence-electron chi connectivity index (χ4n) is 3.79. The summed E-state index contributed by atoms with van der Waals surface area (Å²) in [7, 11) is 0. The van der Waals surface area contributed by atoms with Gasteiger partial charge in [0.1, 0.15) is 11.5 Å². The first-order chi connectivity index (χ1) is 13.3. The summed E-state index contributed by atoms with van der Waals surface area (Å²) in [5.41, 5.74) is 5.45. The molecule has 3 rings (SSSR count). The second-order valence-electron chi connectivity index (χ2n) is 8.88. The Hall–Kier alpha value is -2.54. The van der Waals surface area contributed by atoms with Crippen LogP contribution in [0.25, 0.3) is 0 Å². The molecule has 0 aromatic heterocycles. The van der Waals surface area contributed by atoms with Crippen LogP contribution in [-0.4, -0.2) is 0 Å². The van der Waals surface area contributed by atoms with E-state index in [-0.39, 0.29) is 5.41 Å². The SMILES string of the molecule is Cc1ccc(Oc2ccc(C(CCc3ccccc3)C(C)(C)C)cc2C)cc1. The van der Waals surface area contributed by atoms with Crippen molar-refractivity contribution in [2.75, 3.05) is 0 Å². The molecule has 0 N–H and O–H groups in total. The van der Waals surface area contributed by atoms with E-state index in [4.69, 9.17) is 4.74 Å². The van der Waals surface area contributed by atoms with Crippen LogP contribution in [0.3, 0.4) is 0 Å². The van der Waals surface area contributed by atoms with E-state index in [0.29, 0.717) is 5.92 Å². The first-order valence-corrected chi connectivity index (χ1v) is 10.2. The van der Waals surface area contributed by atoms with Gasteiger partial charge in [0.15, 0.2) is 0 Å². The van der Waals surface area contributed by atoms with Crippen LogP contribution in [0, 0.1) is 19.3 Å². The van der Waals surface area contributed by atoms with Gasteiger partial charge in [0.25, 0.3) is 0 Å². The molecule has 0 aliphatic carbocycles. The number of rotatable bonds is 6. The molecule has 1 unspecified atom stereocenters. The Bertz CT molecular complexity index is 886. The van der Waals surface area contributed by atoms with E-state index >= 15 is 0 Å². The van der Waals surface area contributed by atoms with Crippen molar-refractivity contribution in [3.8, 4) is 11.5 Å². The van der Waals surface area contributed by atoms with Gasteiger partial charge in [-0.1, -0.05) is 80.9 Å². The zero-order valence-corrected chi connectivity index (χ0v) is 17.8. The van der Waals surface area contributed by atoms with Gasteiger partial charge >= 0.3 is 0 Å². The molecule has 0 saturated heterocycles. The fraction of sp³-hybridized carbons (Fsp3) is 0.333. The normalized spacial score (nSPS) is 12.6. The van der Waals surface area contributed by atoms with E-state index in [1.165, 1.54) is 22.3 Å². The quantitative estimate of drug-likeness (QED) is 0.428. The maximum Gasteiger partial charge on any atom is 0.130 e. The lowest BCUT2D eigenvalue weighted by molar-refractivity contribution is 0.304. The Morgan fingerprint density at radius 3 is 2.11 bits per heavy atom. The number of hydrogen-bond acceptors (Lipinski definition) is 1. The van der Waals surface area contributed by atoms with Crippen LogP contribution in [-0.2, 0) is 6.42 Å². The molecular formula is C27H32O. The molecule has 146 valence electrons. The molecule has 0 bridgehead atoms. The van der Waals surface area contributed by atoms with Gasteiger partial charge in [0, 0.05) is 0 Å². The average molecular weight is 373 g/mol. The van der Waals surface area contributed by atoms with Crippen molar-refractivity contribution in [3.05, 3.63) is 95.1 Å². The molecular weight excluding hydrogens is 340 g/mol. The molecule has 1 atom stereocenters. The summed E-state index contributed by atoms with van der Waals surface area (Å²) in [6, 6.07) is 25.7. The lowest BCUT2D eigenvalue weighted by Gasteiger charge is -2.32. The minimum absolute atomic E-state index is 0.209. The molecule has 0 radical (unpaired) electrons. The zero-order chi connectivity index (χ0) is 20.1. The van der Waals surface area contributed by atoms with Gasteiger partial charge in [-0.05, 0) is 72.9 Å². The minimum atomic E-state index is 0.209. The summed E-state index contributed by atoms with van der Waals surface area (Å²) in [4.78, 5) is 0. The van der Waals surface area contributed by atoms with Crippen molar-refractivity contribution in [3.63, 3.8) is 0 Å². The maximum absolute atomic E-state index is 6.11. The minimum Gasteiger partial charge on any atom is -0.457 e. The predicted octanol–water partition coefficient (Wildman–Crippen LogP) is 7.86. The first-order valence-electron chi connectivity index (χ1n) is 10.2. The highest BCUT2D eigenvalue weighted by Gasteiger charge is 2.26. The molecule has 0 saturated carbocycles. The third-order valence-corrected chi connectivity index (χ3v) is 5.46. The molecule has 1 nitrogen and oxygen atoms in total. The Kier molecular flexibility index (Phi) is 6.24. The smallest absolute Gasteiger partial charge is 0.130 e. The van der Waals surface area contributed by atoms with Crippen LogP contribution in [0.2, 0.25) is 0 Å². The fourth-order valence-corrected chi connectivity index (χ4v) is 3.79. The molecule has 28 heavy (non-hydrogen) atoms. The zero-order valence-electron chi connectivity index (χ0n) is 17.8. The van der Waals surface area contributed by atoms with E-state index in [2.05, 4.69) is 95.3 Å². The highest BCUT2D eigenvalue weighted by Crippen LogP contribution is 2.40. The van der Waals surface area contributed by atoms with Crippen molar-refractivity contribution in [2.45, 2.75) is 53.4 Å². The van der Waals surface area contributed by atoms with Crippen molar-refractivity contribution < 1.29 is 4.74 Å². The third kappa shape index (κ3) is 5.25. The topological polar surface area (TPSA) is 9.23 Å². The summed E-state index contributed by atoms with van der Waals surface area (Å²) < 4.78 is 6.11. The lowest BCUT2D eigenvalue weighted by Crippen LogP contribution is -2.19. The van der Waals surface area contributed by atoms with Crippen LogP contribution in [0.1, 0.15) is 55.4 Å². The van der Waals surface area contributed by atoms with Gasteiger partial charge in [0.05, 0.1) is 0 Å². The average Bonchev–Trinajstić information content (AvgIpc) is 2.65. The van der Waals surface area contributed by atoms with E-state index in [1.807, 2.05) is 12.1 Å². The van der Waals surface area contributed by atoms with Crippen LogP contribution in [0.15, 0.2) is 72.8 Å². The van der Waals surface area contributed by atoms with E-state index in [1.54, 1.807) is 0 Å². The van der Waals surface area contributed by atoms with Crippen LogP contribution < -0.4 is 4.74 Å². The third-order valence-electron chi connectivity index (χ3n) is 5.46. The molecule has 0 heterocycles. The Morgan fingerprint density at radius 1 is 0.821 bits per heavy atom. The summed E-state index contributed by atoms with van der Waals surface area (Å²) in [5.74, 6) is 2.32. The monoisotopic (exact) mass is 372 g/mol. The standard InChI is InChI=1S/C27H32O/c1-20-11-15-24(16-12-20)28-26-18-14-23(19-21(26)2)25(27(3,4)5)17-13-22-9-7-6-8-10-22/h6-12,14-16,18-19,25H,13,17H2,1-5H3. The van der Waals surface area contributed by atoms with Gasteiger partial charge in [-0.15, -0.1) is 0 Å². The Morgan fingerprint density at radius 2 is 1.50 bits per heavy atom. The Labute approximate surface area is 170 Å². The highest BCUT2D eigenvalue weighted by atomic mass is 16.5. The van der Waals surface area contributed by atoms with Crippen molar-refractivity contribution >= 4 is 0 Å². The summed E-state index contributed by atoms with van der Waals surface area (Å²) in [6.45, 7) is 11.3. The van der Waals surface area contributed by atoms with E-state index in [9.17, 15) is 0 Å². The second-order valence-corrected chi connectivity index (χ2v) is 8.88. The lowest BCUT2D eigenvalue weighted by atomic mass is 9.73. The summed E-state index contributed by atoms with van der Waals surface area (Å²) in [6.07, 6.45) is 2.24. The summed E-state index contributed by atoms with van der Waals surface area (Å²) in [5, 5.41) is 0. The van der Waals surface area contributed by atoms with Gasteiger partial charge in [-0.3, -0.25) is 0 Å². The second kappa shape index (κ2) is 8.65. The largest absolute Gasteiger partial charge is 0.457 e. The number of hydrogen-bond donors (Lipinski definition) is 0. The Balaban J connectivity index is 1.78. The molecule has 0 aliphatic heterocycles. The summed E-state index contributed by atoms with van der Waals surface area (Å²) >= 11 is 0. The number of benzene rings is 3. The van der Waals surface area contributed by atoms with Crippen LogP contribution in [0.5, 0.6) is 11.5 Å². The van der Waals surface area contributed by atoms with Crippen LogP contribution >= 0.6 is 0 Å². The first kappa shape index (κ1) is 20.2. The number of aryl methyl sites for hydroxylation is 3. The van der Waals surface area contributed by atoms with Gasteiger partial charge in [0.2, 0.25) is 0 Å². The van der Waals surface area contributed by atoms with Crippen LogP contribution in [0.4, 0.5) is 0 Å². The molecule has 0 fully saturated rings. The molecule has 3 aromatic rings. The van der Waals surface area contributed by atoms with Crippen molar-refractivity contribution in [1.82, 2.24) is 0 Å². The number of ether oxygens (including phenoxy) is 1. The van der Waals surface area contributed by atoms with Gasteiger partial charge in [-0.25, -0.2) is 0 Å². The highest BCUT2D eigenvalue weighted by molar-refractivity contribution is 5.41. The molecule has 3 aromatic carbocycles. The predicted molar refractivity (Wildman–Crippen MR) is 119 cm³/mol. The maximum atomic E-state index is 6.11. The van der Waals surface area contributed by atoms with E-state index in [0.717, 1.165) is 24.3 Å². The molecule has 1 heteroatoms. The molecule has 0 aliphatic rings. The van der Waals surface area contributed by atoms with Crippen molar-refractivity contribution in [2.24, 2.45) is 5.41 Å². The van der Waals surface area contributed by atoms with Crippen molar-refractivity contribution in [1.29, 1.82) is 0 Å². The molecule has 0 amide bonds. The molecule has 0 spiro atoms. The van der Waals surface area contributed by atoms with Gasteiger partial charge < -0.3 is 4.74 Å². The van der Waals surface area contributed by atoms with E-state index < -0.39 is 0 Å².